The molecule has 0 radical (unpaired) electrons. The average Bonchev–Trinajstić information content (AvgIpc) is 2.66. The van der Waals surface area contributed by atoms with E-state index < -0.39 is 0 Å². The van der Waals surface area contributed by atoms with Gasteiger partial charge in [0, 0.05) is 17.9 Å². The van der Waals surface area contributed by atoms with Crippen molar-refractivity contribution in [1.29, 1.82) is 0 Å². The Bertz CT molecular complexity index is 826. The molecule has 2 N–H and O–H groups in total. The molecule has 0 bridgehead atoms. The fourth-order valence-corrected chi connectivity index (χ4v) is 3.66. The molecule has 1 aromatic carbocycles. The van der Waals surface area contributed by atoms with Crippen molar-refractivity contribution in [2.45, 2.75) is 24.3 Å². The number of rotatable bonds is 10. The number of ether oxygens (including phenoxy) is 2. The summed E-state index contributed by atoms with van der Waals surface area (Å²) >= 11 is 2.91. The number of aromatic nitrogens is 2. The number of nitrogens with one attached hydrogen (secondary N) is 2. The maximum Gasteiger partial charge on any atom is 0.251 e. The van der Waals surface area contributed by atoms with Crippen molar-refractivity contribution in [3.8, 4) is 11.5 Å². The number of carbonyl (C=O) groups excluding carboxylic acids is 1. The Labute approximate surface area is 166 Å². The van der Waals surface area contributed by atoms with Crippen LogP contribution in [-0.4, -0.2) is 41.6 Å². The van der Waals surface area contributed by atoms with Gasteiger partial charge in [-0.25, -0.2) is 4.98 Å². The highest BCUT2D eigenvalue weighted by atomic mass is 32.2. The van der Waals surface area contributed by atoms with Gasteiger partial charge in [0.1, 0.15) is 11.5 Å². The molecule has 146 valence electrons. The Morgan fingerprint density at radius 3 is 2.78 bits per heavy atom. The number of hydrogen-bond donors (Lipinski definition) is 2. The number of benzene rings is 1. The fraction of sp³-hybridized carbons (Fsp3) is 0.389. The van der Waals surface area contributed by atoms with Gasteiger partial charge in [-0.15, -0.1) is 0 Å². The summed E-state index contributed by atoms with van der Waals surface area (Å²) in [7, 11) is 3.08. The van der Waals surface area contributed by atoms with Gasteiger partial charge in [0.25, 0.3) is 5.56 Å². The second kappa shape index (κ2) is 10.9. The minimum atomic E-state index is -0.236. The standard InChI is InChI=1S/C18H23N3O4S2/c1-4-7-26-10-12-8-16(22)21-18(19-12)27-11-17(23)20-14-9-13(24-2)5-6-15(14)25-3/h5-6,8-9H,4,7,10-11H2,1-3H3,(H,20,23)(H,19,21,22). The SMILES string of the molecule is CCCSCc1cc(=O)[nH]c(SCC(=O)Nc2cc(OC)ccc2OC)n1. The first-order chi connectivity index (χ1) is 13.0. The molecule has 0 fully saturated rings. The third-order valence-electron chi connectivity index (χ3n) is 3.39. The van der Waals surface area contributed by atoms with Crippen molar-refractivity contribution in [2.75, 3.05) is 31.0 Å². The number of nitrogens with zero attached hydrogens (tertiary/aromatic N) is 1. The quantitative estimate of drug-likeness (QED) is 0.354. The summed E-state index contributed by atoms with van der Waals surface area (Å²) in [5, 5.41) is 3.22. The number of thioether (sulfide) groups is 2. The van der Waals surface area contributed by atoms with Gasteiger partial charge >= 0.3 is 0 Å². The van der Waals surface area contributed by atoms with Crippen molar-refractivity contribution >= 4 is 35.1 Å². The number of hydrogen-bond acceptors (Lipinski definition) is 7. The first-order valence-corrected chi connectivity index (χ1v) is 10.5. The zero-order chi connectivity index (χ0) is 19.6. The van der Waals surface area contributed by atoms with Crippen LogP contribution in [0.2, 0.25) is 0 Å². The van der Waals surface area contributed by atoms with Gasteiger partial charge in [-0.05, 0) is 24.3 Å². The van der Waals surface area contributed by atoms with E-state index in [2.05, 4.69) is 22.2 Å². The Morgan fingerprint density at radius 1 is 1.26 bits per heavy atom. The van der Waals surface area contributed by atoms with Crippen molar-refractivity contribution < 1.29 is 14.3 Å². The number of methoxy groups -OCH3 is 2. The van der Waals surface area contributed by atoms with Crippen LogP contribution in [0.4, 0.5) is 5.69 Å². The third kappa shape index (κ3) is 6.84. The van der Waals surface area contributed by atoms with E-state index in [1.54, 1.807) is 37.1 Å². The monoisotopic (exact) mass is 409 g/mol. The second-order valence-electron chi connectivity index (χ2n) is 5.50. The predicted octanol–water partition coefficient (Wildman–Crippen LogP) is 3.16. The van der Waals surface area contributed by atoms with Crippen LogP contribution in [0.1, 0.15) is 19.0 Å². The minimum absolute atomic E-state index is 0.106. The lowest BCUT2D eigenvalue weighted by atomic mass is 10.2. The maximum atomic E-state index is 12.3. The molecular weight excluding hydrogens is 386 g/mol. The lowest BCUT2D eigenvalue weighted by Crippen LogP contribution is -2.16. The number of carbonyl (C=O) groups is 1. The van der Waals surface area contributed by atoms with Gasteiger partial charge in [0.2, 0.25) is 5.91 Å². The van der Waals surface area contributed by atoms with E-state index in [1.807, 2.05) is 0 Å². The number of anilines is 1. The van der Waals surface area contributed by atoms with E-state index in [0.717, 1.165) is 17.9 Å². The molecule has 27 heavy (non-hydrogen) atoms. The average molecular weight is 410 g/mol. The van der Waals surface area contributed by atoms with Crippen LogP contribution in [0, 0.1) is 0 Å². The van der Waals surface area contributed by atoms with Crippen LogP contribution in [0.5, 0.6) is 11.5 Å². The fourth-order valence-electron chi connectivity index (χ4n) is 2.18. The largest absolute Gasteiger partial charge is 0.497 e. The van der Waals surface area contributed by atoms with Crippen LogP contribution < -0.4 is 20.3 Å². The molecule has 0 aliphatic carbocycles. The highest BCUT2D eigenvalue weighted by Gasteiger charge is 2.11. The van der Waals surface area contributed by atoms with E-state index in [0.29, 0.717) is 28.1 Å². The van der Waals surface area contributed by atoms with E-state index in [1.165, 1.54) is 24.9 Å². The molecule has 0 unspecified atom stereocenters. The predicted molar refractivity (Wildman–Crippen MR) is 110 cm³/mol. The Morgan fingerprint density at radius 2 is 2.07 bits per heavy atom. The molecule has 7 nitrogen and oxygen atoms in total. The zero-order valence-electron chi connectivity index (χ0n) is 15.5. The van der Waals surface area contributed by atoms with Crippen molar-refractivity contribution in [3.63, 3.8) is 0 Å². The van der Waals surface area contributed by atoms with Gasteiger partial charge in [-0.2, -0.15) is 11.8 Å². The number of aromatic amines is 1. The summed E-state index contributed by atoms with van der Waals surface area (Å²) in [6, 6.07) is 6.65. The Balaban J connectivity index is 1.98. The normalized spacial score (nSPS) is 10.5. The molecule has 0 saturated heterocycles. The third-order valence-corrected chi connectivity index (χ3v) is 5.46. The summed E-state index contributed by atoms with van der Waals surface area (Å²) in [5.41, 5.74) is 1.03. The molecule has 1 heterocycles. The molecule has 0 saturated carbocycles. The molecule has 2 rings (SSSR count). The maximum absolute atomic E-state index is 12.3. The van der Waals surface area contributed by atoms with E-state index in [4.69, 9.17) is 9.47 Å². The van der Waals surface area contributed by atoms with Crippen LogP contribution in [0.15, 0.2) is 34.2 Å². The van der Waals surface area contributed by atoms with Crippen LogP contribution >= 0.6 is 23.5 Å². The van der Waals surface area contributed by atoms with Crippen molar-refractivity contribution in [2.24, 2.45) is 0 Å². The first kappa shape index (κ1) is 21.2. The molecule has 1 amide bonds. The molecule has 2 aromatic rings. The van der Waals surface area contributed by atoms with Gasteiger partial charge in [0.05, 0.1) is 31.4 Å². The van der Waals surface area contributed by atoms with Crippen LogP contribution in [-0.2, 0) is 10.5 Å². The number of H-pyrrole nitrogens is 1. The molecule has 9 heteroatoms. The molecule has 0 aliphatic heterocycles. The molecule has 1 aromatic heterocycles. The van der Waals surface area contributed by atoms with Gasteiger partial charge < -0.3 is 19.8 Å². The summed E-state index contributed by atoms with van der Waals surface area (Å²) in [6.07, 6.45) is 1.07. The smallest absolute Gasteiger partial charge is 0.251 e. The summed E-state index contributed by atoms with van der Waals surface area (Å²) in [5.74, 6) is 2.72. The zero-order valence-corrected chi connectivity index (χ0v) is 17.2. The van der Waals surface area contributed by atoms with E-state index in [-0.39, 0.29) is 17.2 Å². The second-order valence-corrected chi connectivity index (χ2v) is 7.57. The summed E-state index contributed by atoms with van der Waals surface area (Å²) in [6.45, 7) is 2.11. The lowest BCUT2D eigenvalue weighted by molar-refractivity contribution is -0.113. The molecule has 0 aliphatic rings. The van der Waals surface area contributed by atoms with E-state index >= 15 is 0 Å². The first-order valence-electron chi connectivity index (χ1n) is 8.38. The summed E-state index contributed by atoms with van der Waals surface area (Å²) < 4.78 is 10.4. The minimum Gasteiger partial charge on any atom is -0.497 e. The van der Waals surface area contributed by atoms with E-state index in [9.17, 15) is 9.59 Å². The molecule has 0 atom stereocenters. The van der Waals surface area contributed by atoms with Crippen LogP contribution in [0.3, 0.4) is 0 Å². The van der Waals surface area contributed by atoms with Crippen molar-refractivity contribution in [3.05, 3.63) is 40.3 Å². The molecule has 0 spiro atoms. The molecular formula is C18H23N3O4S2. The van der Waals surface area contributed by atoms with Gasteiger partial charge in [-0.1, -0.05) is 18.7 Å². The lowest BCUT2D eigenvalue weighted by Gasteiger charge is -2.11. The number of amides is 1. The van der Waals surface area contributed by atoms with Gasteiger partial charge in [0.15, 0.2) is 5.16 Å². The highest BCUT2D eigenvalue weighted by Crippen LogP contribution is 2.29. The highest BCUT2D eigenvalue weighted by molar-refractivity contribution is 7.99. The summed E-state index contributed by atoms with van der Waals surface area (Å²) in [4.78, 5) is 31.1. The van der Waals surface area contributed by atoms with Crippen molar-refractivity contribution in [1.82, 2.24) is 9.97 Å². The van der Waals surface area contributed by atoms with Gasteiger partial charge in [-0.3, -0.25) is 9.59 Å². The topological polar surface area (TPSA) is 93.3 Å². The Hall–Kier alpha value is -2.13. The van der Waals surface area contributed by atoms with Crippen LogP contribution in [0.25, 0.3) is 0 Å². The Kier molecular flexibility index (Phi) is 8.53.